The molecule has 0 spiro atoms. The minimum Gasteiger partial charge on any atom is -0.375 e. The van der Waals surface area contributed by atoms with Gasteiger partial charge in [-0.1, -0.05) is 29.3 Å². The Morgan fingerprint density at radius 3 is 2.64 bits per heavy atom. The van der Waals surface area contributed by atoms with E-state index < -0.39 is 0 Å². The molecule has 1 aliphatic rings. The normalized spacial score (nSPS) is 33.9. The number of halogens is 1. The molecule has 0 bridgehead atoms. The minimum atomic E-state index is 0.263. The highest BCUT2D eigenvalue weighted by Crippen LogP contribution is 2.34. The van der Waals surface area contributed by atoms with Gasteiger partial charge in [-0.2, -0.15) is 0 Å². The highest BCUT2D eigenvalue weighted by molar-refractivity contribution is 9.09. The summed E-state index contributed by atoms with van der Waals surface area (Å²) in [5.41, 5.74) is 0. The highest BCUT2D eigenvalue weighted by Gasteiger charge is 2.41. The van der Waals surface area contributed by atoms with Crippen LogP contribution in [0.15, 0.2) is 0 Å². The van der Waals surface area contributed by atoms with E-state index in [2.05, 4.69) is 29.8 Å². The molecule has 84 valence electrons. The molecule has 0 aromatic carbocycles. The number of hydrogen-bond donors (Lipinski definition) is 0. The SMILES string of the molecule is CCCC(C)OC1CC(Br)C1OCC. The quantitative estimate of drug-likeness (QED) is 0.687. The van der Waals surface area contributed by atoms with E-state index in [1.54, 1.807) is 0 Å². The van der Waals surface area contributed by atoms with E-state index in [0.29, 0.717) is 17.0 Å². The van der Waals surface area contributed by atoms with Gasteiger partial charge in [0.2, 0.25) is 0 Å². The fraction of sp³-hybridized carbons (Fsp3) is 1.00. The summed E-state index contributed by atoms with van der Waals surface area (Å²) in [7, 11) is 0. The number of alkyl halides is 1. The molecule has 1 fully saturated rings. The zero-order valence-electron chi connectivity index (χ0n) is 9.33. The Kier molecular flexibility index (Phi) is 5.42. The van der Waals surface area contributed by atoms with Gasteiger partial charge in [0, 0.05) is 11.4 Å². The molecule has 1 saturated carbocycles. The van der Waals surface area contributed by atoms with Gasteiger partial charge in [-0.15, -0.1) is 0 Å². The lowest BCUT2D eigenvalue weighted by atomic mass is 9.91. The third-order valence-corrected chi connectivity index (χ3v) is 3.54. The minimum absolute atomic E-state index is 0.263. The molecule has 4 atom stereocenters. The van der Waals surface area contributed by atoms with E-state index in [9.17, 15) is 0 Å². The fourth-order valence-electron chi connectivity index (χ4n) is 1.84. The first-order valence-electron chi connectivity index (χ1n) is 5.60. The number of rotatable bonds is 6. The molecule has 4 unspecified atom stereocenters. The summed E-state index contributed by atoms with van der Waals surface area (Å²) in [6, 6.07) is 0. The molecule has 0 aromatic rings. The van der Waals surface area contributed by atoms with Gasteiger partial charge in [0.25, 0.3) is 0 Å². The Morgan fingerprint density at radius 1 is 1.43 bits per heavy atom. The van der Waals surface area contributed by atoms with Crippen LogP contribution in [-0.4, -0.2) is 29.7 Å². The first kappa shape index (κ1) is 12.5. The molecule has 0 amide bonds. The van der Waals surface area contributed by atoms with Gasteiger partial charge in [0.05, 0.1) is 18.3 Å². The van der Waals surface area contributed by atoms with Crippen LogP contribution in [0.2, 0.25) is 0 Å². The maximum atomic E-state index is 5.91. The van der Waals surface area contributed by atoms with Gasteiger partial charge < -0.3 is 9.47 Å². The summed E-state index contributed by atoms with van der Waals surface area (Å²) in [6.45, 7) is 7.14. The summed E-state index contributed by atoms with van der Waals surface area (Å²) >= 11 is 3.59. The van der Waals surface area contributed by atoms with E-state index in [4.69, 9.17) is 9.47 Å². The Labute approximate surface area is 95.5 Å². The molecule has 0 saturated heterocycles. The predicted octanol–water partition coefficient (Wildman–Crippen LogP) is 3.13. The van der Waals surface area contributed by atoms with E-state index in [0.717, 1.165) is 19.4 Å². The lowest BCUT2D eigenvalue weighted by Crippen LogP contribution is -2.51. The van der Waals surface area contributed by atoms with Crippen LogP contribution in [0.5, 0.6) is 0 Å². The van der Waals surface area contributed by atoms with E-state index in [1.807, 2.05) is 6.92 Å². The third kappa shape index (κ3) is 3.21. The third-order valence-electron chi connectivity index (χ3n) is 2.64. The number of hydrogen-bond acceptors (Lipinski definition) is 2. The van der Waals surface area contributed by atoms with Crippen LogP contribution in [0, 0.1) is 0 Å². The maximum absolute atomic E-state index is 5.91. The van der Waals surface area contributed by atoms with Crippen molar-refractivity contribution in [3.8, 4) is 0 Å². The van der Waals surface area contributed by atoms with E-state index in [-0.39, 0.29) is 6.10 Å². The Morgan fingerprint density at radius 2 is 2.14 bits per heavy atom. The zero-order chi connectivity index (χ0) is 10.6. The van der Waals surface area contributed by atoms with Crippen molar-refractivity contribution in [3.05, 3.63) is 0 Å². The van der Waals surface area contributed by atoms with Crippen LogP contribution in [0.4, 0.5) is 0 Å². The molecular formula is C11H21BrO2. The number of ether oxygens (including phenoxy) is 2. The lowest BCUT2D eigenvalue weighted by molar-refractivity contribution is -0.140. The van der Waals surface area contributed by atoms with Gasteiger partial charge in [-0.05, 0) is 26.7 Å². The summed E-state index contributed by atoms with van der Waals surface area (Å²) in [5.74, 6) is 0. The molecule has 14 heavy (non-hydrogen) atoms. The van der Waals surface area contributed by atoms with Crippen molar-refractivity contribution in [2.24, 2.45) is 0 Å². The first-order valence-corrected chi connectivity index (χ1v) is 6.51. The predicted molar refractivity (Wildman–Crippen MR) is 62.0 cm³/mol. The van der Waals surface area contributed by atoms with Gasteiger partial charge >= 0.3 is 0 Å². The topological polar surface area (TPSA) is 18.5 Å². The first-order chi connectivity index (χ1) is 6.69. The fourth-order valence-corrected chi connectivity index (χ4v) is 2.70. The molecule has 1 aliphatic carbocycles. The second-order valence-corrected chi connectivity index (χ2v) is 5.12. The average Bonchev–Trinajstić information content (AvgIpc) is 2.14. The largest absolute Gasteiger partial charge is 0.375 e. The van der Waals surface area contributed by atoms with Gasteiger partial charge in [-0.3, -0.25) is 0 Å². The van der Waals surface area contributed by atoms with Crippen LogP contribution in [0.25, 0.3) is 0 Å². The summed E-state index contributed by atoms with van der Waals surface area (Å²) in [4.78, 5) is 0.487. The molecule has 0 N–H and O–H groups in total. The van der Waals surface area contributed by atoms with Crippen LogP contribution < -0.4 is 0 Å². The van der Waals surface area contributed by atoms with Crippen LogP contribution in [0.3, 0.4) is 0 Å². The Bertz CT molecular complexity index is 163. The van der Waals surface area contributed by atoms with Gasteiger partial charge in [0.15, 0.2) is 0 Å². The standard InChI is InChI=1S/C11H21BrO2/c1-4-6-8(3)14-10-7-9(12)11(10)13-5-2/h8-11H,4-7H2,1-3H3. The molecule has 0 radical (unpaired) electrons. The lowest BCUT2D eigenvalue weighted by Gasteiger charge is -2.42. The highest BCUT2D eigenvalue weighted by atomic mass is 79.9. The van der Waals surface area contributed by atoms with Crippen LogP contribution >= 0.6 is 15.9 Å². The smallest absolute Gasteiger partial charge is 0.0962 e. The van der Waals surface area contributed by atoms with Crippen molar-refractivity contribution >= 4 is 15.9 Å². The van der Waals surface area contributed by atoms with Crippen molar-refractivity contribution in [1.29, 1.82) is 0 Å². The van der Waals surface area contributed by atoms with Crippen molar-refractivity contribution in [3.63, 3.8) is 0 Å². The Balaban J connectivity index is 2.24. The van der Waals surface area contributed by atoms with Crippen molar-refractivity contribution < 1.29 is 9.47 Å². The second-order valence-electron chi connectivity index (χ2n) is 3.95. The van der Waals surface area contributed by atoms with Gasteiger partial charge in [-0.25, -0.2) is 0 Å². The molecule has 0 aromatic heterocycles. The maximum Gasteiger partial charge on any atom is 0.0962 e. The summed E-state index contributed by atoms with van der Waals surface area (Å²) in [5, 5.41) is 0. The summed E-state index contributed by atoms with van der Waals surface area (Å²) < 4.78 is 11.5. The molecule has 2 nitrogen and oxygen atoms in total. The van der Waals surface area contributed by atoms with E-state index in [1.165, 1.54) is 6.42 Å². The van der Waals surface area contributed by atoms with Crippen molar-refractivity contribution in [2.75, 3.05) is 6.61 Å². The second kappa shape index (κ2) is 6.09. The molecular weight excluding hydrogens is 244 g/mol. The van der Waals surface area contributed by atoms with Crippen LogP contribution in [0.1, 0.15) is 40.0 Å². The van der Waals surface area contributed by atoms with Crippen molar-refractivity contribution in [1.82, 2.24) is 0 Å². The summed E-state index contributed by atoms with van der Waals surface area (Å²) in [6.07, 6.45) is 4.35. The molecule has 3 heteroatoms. The molecule has 0 heterocycles. The van der Waals surface area contributed by atoms with Crippen LogP contribution in [-0.2, 0) is 9.47 Å². The monoisotopic (exact) mass is 264 g/mol. The molecule has 1 rings (SSSR count). The van der Waals surface area contributed by atoms with Gasteiger partial charge in [0.1, 0.15) is 0 Å². The average molecular weight is 265 g/mol. The van der Waals surface area contributed by atoms with Crippen molar-refractivity contribution in [2.45, 2.75) is 63.2 Å². The Hall–Kier alpha value is 0.400. The molecule has 0 aliphatic heterocycles. The van der Waals surface area contributed by atoms with E-state index >= 15 is 0 Å². The zero-order valence-corrected chi connectivity index (χ0v) is 10.9.